The molecule has 0 aliphatic rings. The van der Waals surface area contributed by atoms with Crippen molar-refractivity contribution >= 4 is 11.8 Å². The van der Waals surface area contributed by atoms with Gasteiger partial charge in [-0.25, -0.2) is 0 Å². The van der Waals surface area contributed by atoms with Gasteiger partial charge in [-0.3, -0.25) is 20.4 Å². The quantitative estimate of drug-likeness (QED) is 0.545. The normalized spacial score (nSPS) is 11.2. The number of hydrogen-bond donors (Lipinski definition) is 2. The zero-order valence-corrected chi connectivity index (χ0v) is 17.3. The van der Waals surface area contributed by atoms with E-state index >= 15 is 0 Å². The Hall–Kier alpha value is -4.00. The minimum atomic E-state index is -0.821. The number of carbonyl (C=O) groups is 2. The van der Waals surface area contributed by atoms with Crippen molar-refractivity contribution in [2.24, 2.45) is 0 Å². The van der Waals surface area contributed by atoms with Crippen LogP contribution in [-0.2, 0) is 11.4 Å². The molecule has 0 saturated heterocycles. The van der Waals surface area contributed by atoms with E-state index in [-0.39, 0.29) is 0 Å². The maximum atomic E-state index is 12.6. The second-order valence-electron chi connectivity index (χ2n) is 6.65. The first-order chi connectivity index (χ1) is 15.1. The number of hydrazine groups is 1. The van der Waals surface area contributed by atoms with E-state index in [4.69, 9.17) is 14.2 Å². The van der Waals surface area contributed by atoms with Crippen LogP contribution >= 0.6 is 0 Å². The molecule has 0 aliphatic heterocycles. The Morgan fingerprint density at radius 3 is 2.19 bits per heavy atom. The van der Waals surface area contributed by atoms with E-state index in [1.54, 1.807) is 62.6 Å². The number of rotatable bonds is 8. The largest absolute Gasteiger partial charge is 0.497 e. The smallest absolute Gasteiger partial charge is 0.279 e. The zero-order valence-electron chi connectivity index (χ0n) is 17.3. The second kappa shape index (κ2) is 10.7. The van der Waals surface area contributed by atoms with Gasteiger partial charge in [-0.05, 0) is 48.9 Å². The number of ether oxygens (including phenoxy) is 3. The molecule has 0 heterocycles. The van der Waals surface area contributed by atoms with Crippen molar-refractivity contribution in [1.82, 2.24) is 10.9 Å². The van der Waals surface area contributed by atoms with Crippen molar-refractivity contribution in [2.45, 2.75) is 19.6 Å². The van der Waals surface area contributed by atoms with Crippen LogP contribution in [-0.4, -0.2) is 25.0 Å². The lowest BCUT2D eigenvalue weighted by Gasteiger charge is -2.16. The van der Waals surface area contributed by atoms with Crippen LogP contribution in [0.5, 0.6) is 17.2 Å². The first-order valence-electron chi connectivity index (χ1n) is 9.73. The van der Waals surface area contributed by atoms with E-state index in [2.05, 4.69) is 10.9 Å². The Bertz CT molecular complexity index is 1010. The molecule has 0 bridgehead atoms. The van der Waals surface area contributed by atoms with Crippen molar-refractivity contribution in [3.63, 3.8) is 0 Å². The molecular formula is C24H24N2O5. The van der Waals surface area contributed by atoms with Gasteiger partial charge >= 0.3 is 0 Å². The van der Waals surface area contributed by atoms with Gasteiger partial charge in [0.05, 0.1) is 12.7 Å². The minimum Gasteiger partial charge on any atom is -0.497 e. The lowest BCUT2D eigenvalue weighted by molar-refractivity contribution is -0.128. The molecule has 7 heteroatoms. The summed E-state index contributed by atoms with van der Waals surface area (Å²) in [6, 6.07) is 23.3. The fourth-order valence-electron chi connectivity index (χ4n) is 2.71. The molecular weight excluding hydrogens is 396 g/mol. The number of para-hydroxylation sites is 1. The fraction of sp³-hybridized carbons (Fsp3) is 0.167. The Morgan fingerprint density at radius 1 is 0.839 bits per heavy atom. The first kappa shape index (κ1) is 21.7. The summed E-state index contributed by atoms with van der Waals surface area (Å²) in [6.07, 6.45) is -0.821. The SMILES string of the molecule is COc1ccc(O[C@@H](C)C(=O)NNC(=O)c2ccccc2OCc2ccccc2)cc1. The topological polar surface area (TPSA) is 85.9 Å². The lowest BCUT2D eigenvalue weighted by atomic mass is 10.2. The Kier molecular flexibility index (Phi) is 7.48. The average molecular weight is 420 g/mol. The summed E-state index contributed by atoms with van der Waals surface area (Å²) in [6.45, 7) is 1.91. The summed E-state index contributed by atoms with van der Waals surface area (Å²) in [5.41, 5.74) is 6.07. The van der Waals surface area contributed by atoms with Crippen LogP contribution < -0.4 is 25.1 Å². The van der Waals surface area contributed by atoms with Crippen molar-refractivity contribution in [1.29, 1.82) is 0 Å². The second-order valence-corrected chi connectivity index (χ2v) is 6.65. The summed E-state index contributed by atoms with van der Waals surface area (Å²) in [4.78, 5) is 24.9. The fourth-order valence-corrected chi connectivity index (χ4v) is 2.71. The van der Waals surface area contributed by atoms with Gasteiger partial charge in [0.1, 0.15) is 23.9 Å². The van der Waals surface area contributed by atoms with E-state index in [1.807, 2.05) is 30.3 Å². The van der Waals surface area contributed by atoms with Gasteiger partial charge in [-0.15, -0.1) is 0 Å². The van der Waals surface area contributed by atoms with E-state index in [0.717, 1.165) is 5.56 Å². The van der Waals surface area contributed by atoms with Gasteiger partial charge in [-0.1, -0.05) is 42.5 Å². The number of methoxy groups -OCH3 is 1. The van der Waals surface area contributed by atoms with E-state index in [0.29, 0.717) is 29.4 Å². The van der Waals surface area contributed by atoms with Crippen molar-refractivity contribution in [3.05, 3.63) is 90.0 Å². The van der Waals surface area contributed by atoms with Gasteiger partial charge in [0.25, 0.3) is 11.8 Å². The predicted octanol–water partition coefficient (Wildman–Crippen LogP) is 3.50. The number of benzene rings is 3. The van der Waals surface area contributed by atoms with Crippen LogP contribution in [0.2, 0.25) is 0 Å². The molecule has 3 rings (SSSR count). The summed E-state index contributed by atoms with van der Waals surface area (Å²) in [7, 11) is 1.57. The molecule has 1 atom stereocenters. The molecule has 0 spiro atoms. The number of nitrogens with one attached hydrogen (secondary N) is 2. The van der Waals surface area contributed by atoms with E-state index in [1.165, 1.54) is 0 Å². The van der Waals surface area contributed by atoms with Gasteiger partial charge in [0, 0.05) is 0 Å². The molecule has 3 aromatic rings. The van der Waals surface area contributed by atoms with Crippen LogP contribution in [0.25, 0.3) is 0 Å². The molecule has 0 unspecified atom stereocenters. The third kappa shape index (κ3) is 6.24. The molecule has 2 N–H and O–H groups in total. The average Bonchev–Trinajstić information content (AvgIpc) is 2.82. The summed E-state index contributed by atoms with van der Waals surface area (Å²) in [5, 5.41) is 0. The highest BCUT2D eigenvalue weighted by atomic mass is 16.5. The standard InChI is InChI=1S/C24H24N2O5/c1-17(31-20-14-12-19(29-2)13-15-20)23(27)25-26-24(28)21-10-6-7-11-22(21)30-16-18-8-4-3-5-9-18/h3-15,17H,16H2,1-2H3,(H,25,27)(H,26,28)/t17-/m0/s1. The highest BCUT2D eigenvalue weighted by Crippen LogP contribution is 2.20. The van der Waals surface area contributed by atoms with Crippen LogP contribution in [0.3, 0.4) is 0 Å². The van der Waals surface area contributed by atoms with Crippen molar-refractivity contribution < 1.29 is 23.8 Å². The molecule has 7 nitrogen and oxygen atoms in total. The lowest BCUT2D eigenvalue weighted by Crippen LogP contribution is -2.47. The Balaban J connectivity index is 1.54. The Morgan fingerprint density at radius 2 is 1.48 bits per heavy atom. The van der Waals surface area contributed by atoms with Crippen LogP contribution in [0.4, 0.5) is 0 Å². The number of amides is 2. The van der Waals surface area contributed by atoms with Crippen LogP contribution in [0.1, 0.15) is 22.8 Å². The van der Waals surface area contributed by atoms with Gasteiger partial charge in [0.15, 0.2) is 6.10 Å². The van der Waals surface area contributed by atoms with E-state index < -0.39 is 17.9 Å². The molecule has 3 aromatic carbocycles. The molecule has 0 radical (unpaired) electrons. The highest BCUT2D eigenvalue weighted by molar-refractivity contribution is 5.98. The summed E-state index contributed by atoms with van der Waals surface area (Å²) in [5.74, 6) is 0.625. The third-order valence-electron chi connectivity index (χ3n) is 4.41. The van der Waals surface area contributed by atoms with Gasteiger partial charge < -0.3 is 14.2 Å². The third-order valence-corrected chi connectivity index (χ3v) is 4.41. The molecule has 0 aromatic heterocycles. The monoisotopic (exact) mass is 420 g/mol. The minimum absolute atomic E-state index is 0.308. The molecule has 2 amide bonds. The van der Waals surface area contributed by atoms with Crippen molar-refractivity contribution in [3.8, 4) is 17.2 Å². The predicted molar refractivity (Wildman–Crippen MR) is 116 cm³/mol. The molecule has 0 fully saturated rings. The van der Waals surface area contributed by atoms with E-state index in [9.17, 15) is 9.59 Å². The van der Waals surface area contributed by atoms with Crippen molar-refractivity contribution in [2.75, 3.05) is 7.11 Å². The number of hydrogen-bond acceptors (Lipinski definition) is 5. The molecule has 0 aliphatic carbocycles. The molecule has 160 valence electrons. The first-order valence-corrected chi connectivity index (χ1v) is 9.73. The Labute approximate surface area is 180 Å². The van der Waals surface area contributed by atoms with Gasteiger partial charge in [-0.2, -0.15) is 0 Å². The summed E-state index contributed by atoms with van der Waals surface area (Å²) >= 11 is 0. The van der Waals surface area contributed by atoms with Crippen LogP contribution in [0.15, 0.2) is 78.9 Å². The zero-order chi connectivity index (χ0) is 22.1. The van der Waals surface area contributed by atoms with Gasteiger partial charge in [0.2, 0.25) is 0 Å². The molecule has 0 saturated carbocycles. The highest BCUT2D eigenvalue weighted by Gasteiger charge is 2.17. The molecule has 31 heavy (non-hydrogen) atoms. The maximum absolute atomic E-state index is 12.6. The van der Waals surface area contributed by atoms with Crippen LogP contribution in [0, 0.1) is 0 Å². The number of carbonyl (C=O) groups excluding carboxylic acids is 2. The maximum Gasteiger partial charge on any atom is 0.279 e. The summed E-state index contributed by atoms with van der Waals surface area (Å²) < 4.78 is 16.5.